The molecule has 2 amide bonds. The van der Waals surface area contributed by atoms with E-state index in [2.05, 4.69) is 28.4 Å². The summed E-state index contributed by atoms with van der Waals surface area (Å²) in [5.74, 6) is 0.464. The normalized spacial score (nSPS) is 24.1. The van der Waals surface area contributed by atoms with Crippen molar-refractivity contribution in [3.8, 4) is 0 Å². The molecule has 7 heteroatoms. The molecule has 2 fully saturated rings. The third-order valence-corrected chi connectivity index (χ3v) is 6.93. The van der Waals surface area contributed by atoms with Crippen LogP contribution in [0.2, 0.25) is 0 Å². The summed E-state index contributed by atoms with van der Waals surface area (Å²) in [4.78, 5) is 28.6. The van der Waals surface area contributed by atoms with Crippen LogP contribution in [0, 0.1) is 5.92 Å². The number of hydrogen-bond donors (Lipinski definition) is 1. The van der Waals surface area contributed by atoms with Crippen molar-refractivity contribution < 1.29 is 14.3 Å². The molecule has 1 aromatic carbocycles. The monoisotopic (exact) mass is 435 g/mol. The van der Waals surface area contributed by atoms with Gasteiger partial charge in [0.25, 0.3) is 0 Å². The molecule has 0 unspecified atom stereocenters. The van der Waals surface area contributed by atoms with Gasteiger partial charge in [-0.15, -0.1) is 12.4 Å². The SMILES string of the molecule is COC(=O)CCC1CCC(N2CCN(c3ccc4c(c3)CCNCC4)C2=O)CC1.Cl. The third kappa shape index (κ3) is 5.09. The van der Waals surface area contributed by atoms with Crippen LogP contribution in [-0.2, 0) is 22.4 Å². The molecule has 0 atom stereocenters. The second-order valence-corrected chi connectivity index (χ2v) is 8.62. The number of amides is 2. The average molecular weight is 436 g/mol. The molecule has 6 nitrogen and oxygen atoms in total. The van der Waals surface area contributed by atoms with Crippen molar-refractivity contribution in [3.05, 3.63) is 29.3 Å². The van der Waals surface area contributed by atoms with E-state index in [0.29, 0.717) is 18.4 Å². The van der Waals surface area contributed by atoms with Crippen LogP contribution >= 0.6 is 12.4 Å². The number of fused-ring (bicyclic) bond motifs is 1. The summed E-state index contributed by atoms with van der Waals surface area (Å²) < 4.78 is 4.75. The number of methoxy groups -OCH3 is 1. The molecule has 0 aromatic heterocycles. The Labute approximate surface area is 185 Å². The van der Waals surface area contributed by atoms with Crippen molar-refractivity contribution in [2.75, 3.05) is 38.2 Å². The van der Waals surface area contributed by atoms with Gasteiger partial charge in [0.15, 0.2) is 0 Å². The number of ether oxygens (including phenoxy) is 1. The number of anilines is 1. The van der Waals surface area contributed by atoms with Crippen molar-refractivity contribution >= 4 is 30.1 Å². The first kappa shape index (κ1) is 22.9. The van der Waals surface area contributed by atoms with Crippen molar-refractivity contribution in [1.29, 1.82) is 0 Å². The van der Waals surface area contributed by atoms with Crippen LogP contribution in [0.25, 0.3) is 0 Å². The Hall–Kier alpha value is -1.79. The lowest BCUT2D eigenvalue weighted by Gasteiger charge is -2.34. The zero-order valence-corrected chi connectivity index (χ0v) is 18.7. The zero-order chi connectivity index (χ0) is 20.2. The van der Waals surface area contributed by atoms with Gasteiger partial charge in [-0.25, -0.2) is 4.79 Å². The number of urea groups is 1. The van der Waals surface area contributed by atoms with E-state index in [1.807, 2.05) is 4.90 Å². The van der Waals surface area contributed by atoms with E-state index in [-0.39, 0.29) is 24.4 Å². The maximum Gasteiger partial charge on any atom is 0.324 e. The summed E-state index contributed by atoms with van der Waals surface area (Å²) in [5, 5.41) is 3.45. The number of nitrogens with one attached hydrogen (secondary N) is 1. The number of rotatable bonds is 5. The molecule has 166 valence electrons. The Morgan fingerprint density at radius 1 is 1.10 bits per heavy atom. The van der Waals surface area contributed by atoms with Crippen LogP contribution in [0.1, 0.15) is 49.7 Å². The van der Waals surface area contributed by atoms with E-state index in [1.165, 1.54) is 18.2 Å². The number of esters is 1. The molecule has 1 N–H and O–H groups in total. The highest BCUT2D eigenvalue weighted by Gasteiger charge is 2.36. The topological polar surface area (TPSA) is 61.9 Å². The Kier molecular flexibility index (Phi) is 8.00. The molecule has 4 rings (SSSR count). The highest BCUT2D eigenvalue weighted by molar-refractivity contribution is 5.94. The highest BCUT2D eigenvalue weighted by Crippen LogP contribution is 2.33. The van der Waals surface area contributed by atoms with Crippen LogP contribution < -0.4 is 10.2 Å². The minimum atomic E-state index is -0.117. The summed E-state index contributed by atoms with van der Waals surface area (Å²) in [5.41, 5.74) is 3.84. The van der Waals surface area contributed by atoms with Crippen LogP contribution in [0.5, 0.6) is 0 Å². The number of benzene rings is 1. The smallest absolute Gasteiger partial charge is 0.324 e. The van der Waals surface area contributed by atoms with Gasteiger partial charge in [-0.05, 0) is 87.2 Å². The fourth-order valence-corrected chi connectivity index (χ4v) is 5.13. The second-order valence-electron chi connectivity index (χ2n) is 8.62. The van der Waals surface area contributed by atoms with Gasteiger partial charge in [0.2, 0.25) is 0 Å². The molecule has 1 aromatic rings. The summed E-state index contributed by atoms with van der Waals surface area (Å²) >= 11 is 0. The van der Waals surface area contributed by atoms with Crippen molar-refractivity contribution in [2.24, 2.45) is 5.92 Å². The van der Waals surface area contributed by atoms with Crippen LogP contribution in [0.15, 0.2) is 18.2 Å². The number of carbonyl (C=O) groups excluding carboxylic acids is 2. The largest absolute Gasteiger partial charge is 0.469 e. The Morgan fingerprint density at radius 3 is 2.57 bits per heavy atom. The van der Waals surface area contributed by atoms with Gasteiger partial charge in [-0.3, -0.25) is 9.69 Å². The third-order valence-electron chi connectivity index (χ3n) is 6.93. The fourth-order valence-electron chi connectivity index (χ4n) is 5.13. The molecule has 3 aliphatic rings. The van der Waals surface area contributed by atoms with Gasteiger partial charge in [0, 0.05) is 31.2 Å². The summed E-state index contributed by atoms with van der Waals surface area (Å²) in [6, 6.07) is 7.06. The van der Waals surface area contributed by atoms with Crippen LogP contribution in [-0.4, -0.2) is 56.2 Å². The van der Waals surface area contributed by atoms with Gasteiger partial charge in [0.1, 0.15) is 0 Å². The summed E-state index contributed by atoms with van der Waals surface area (Å²) in [6.45, 7) is 3.63. The van der Waals surface area contributed by atoms with Crippen LogP contribution in [0.4, 0.5) is 10.5 Å². The molecule has 30 heavy (non-hydrogen) atoms. The van der Waals surface area contributed by atoms with Crippen molar-refractivity contribution in [3.63, 3.8) is 0 Å². The first-order valence-electron chi connectivity index (χ1n) is 11.1. The molecular weight excluding hydrogens is 402 g/mol. The Bertz CT molecular complexity index is 749. The maximum absolute atomic E-state index is 13.2. The molecule has 2 heterocycles. The predicted molar refractivity (Wildman–Crippen MR) is 120 cm³/mol. The number of carbonyl (C=O) groups is 2. The second kappa shape index (κ2) is 10.5. The first-order valence-corrected chi connectivity index (χ1v) is 11.1. The minimum Gasteiger partial charge on any atom is -0.469 e. The summed E-state index contributed by atoms with van der Waals surface area (Å²) in [7, 11) is 1.45. The van der Waals surface area contributed by atoms with Gasteiger partial charge in [0.05, 0.1) is 7.11 Å². The molecule has 0 radical (unpaired) electrons. The van der Waals surface area contributed by atoms with E-state index >= 15 is 0 Å². The van der Waals surface area contributed by atoms with E-state index in [1.54, 1.807) is 0 Å². The van der Waals surface area contributed by atoms with Gasteiger partial charge < -0.3 is 15.0 Å². The van der Waals surface area contributed by atoms with Gasteiger partial charge in [-0.1, -0.05) is 6.07 Å². The lowest BCUT2D eigenvalue weighted by atomic mass is 9.83. The Morgan fingerprint density at radius 2 is 1.83 bits per heavy atom. The Balaban J connectivity index is 0.00000256. The molecule has 2 aliphatic heterocycles. The molecule has 1 saturated heterocycles. The zero-order valence-electron chi connectivity index (χ0n) is 17.9. The number of nitrogens with zero attached hydrogens (tertiary/aromatic N) is 2. The van der Waals surface area contributed by atoms with E-state index in [9.17, 15) is 9.59 Å². The summed E-state index contributed by atoms with van der Waals surface area (Å²) in [6.07, 6.45) is 7.79. The average Bonchev–Trinajstić information content (AvgIpc) is 2.98. The molecule has 1 aliphatic carbocycles. The number of halogens is 1. The lowest BCUT2D eigenvalue weighted by molar-refractivity contribution is -0.141. The van der Waals surface area contributed by atoms with Crippen molar-refractivity contribution in [2.45, 2.75) is 57.4 Å². The molecule has 1 saturated carbocycles. The van der Waals surface area contributed by atoms with Gasteiger partial charge in [-0.2, -0.15) is 0 Å². The van der Waals surface area contributed by atoms with E-state index < -0.39 is 0 Å². The minimum absolute atomic E-state index is 0. The first-order chi connectivity index (χ1) is 14.2. The molecular formula is C23H34ClN3O3. The molecule has 0 spiro atoms. The quantitative estimate of drug-likeness (QED) is 0.718. The van der Waals surface area contributed by atoms with E-state index in [0.717, 1.165) is 76.8 Å². The van der Waals surface area contributed by atoms with Gasteiger partial charge >= 0.3 is 12.0 Å². The highest BCUT2D eigenvalue weighted by atomic mass is 35.5. The van der Waals surface area contributed by atoms with E-state index in [4.69, 9.17) is 4.74 Å². The number of hydrogen-bond acceptors (Lipinski definition) is 4. The van der Waals surface area contributed by atoms with Crippen LogP contribution in [0.3, 0.4) is 0 Å². The standard InChI is InChI=1S/C23H33N3O3.ClH/c1-29-22(27)9-4-17-2-6-20(7-3-17)25-14-15-26(23(25)28)21-8-5-18-10-12-24-13-11-19(18)16-21;/h5,8,16-17,20,24H,2-4,6-7,9-15H2,1H3;1H. The maximum atomic E-state index is 13.2. The van der Waals surface area contributed by atoms with Crippen molar-refractivity contribution in [1.82, 2.24) is 10.2 Å². The predicted octanol–water partition coefficient (Wildman–Crippen LogP) is 3.55. The fraction of sp³-hybridized carbons (Fsp3) is 0.652. The lowest BCUT2D eigenvalue weighted by Crippen LogP contribution is -2.41. The molecule has 0 bridgehead atoms.